The van der Waals surface area contributed by atoms with Crippen LogP contribution in [-0.2, 0) is 4.79 Å². The molecule has 4 saturated carbocycles. The molecule has 4 rings (SSSR count). The van der Waals surface area contributed by atoms with Gasteiger partial charge in [-0.05, 0) is 61.3 Å². The van der Waals surface area contributed by atoms with Crippen molar-refractivity contribution in [1.82, 2.24) is 0 Å². The molecule has 4 bridgehead atoms. The number of carbonyl (C=O) groups is 1. The number of rotatable bonds is 4. The van der Waals surface area contributed by atoms with E-state index in [-0.39, 0.29) is 10.5 Å². The van der Waals surface area contributed by atoms with E-state index in [0.29, 0.717) is 0 Å². The minimum atomic E-state index is -2.05. The maximum Gasteiger partial charge on any atom is 0.124 e. The van der Waals surface area contributed by atoms with Crippen LogP contribution in [0, 0.1) is 23.2 Å². The van der Waals surface area contributed by atoms with Gasteiger partial charge in [-0.1, -0.05) is 60.1 Å². The molecule has 4 heteroatoms. The quantitative estimate of drug-likeness (QED) is 0.505. The van der Waals surface area contributed by atoms with E-state index in [4.69, 9.17) is 0 Å². The Bertz CT molecular complexity index is 488. The Morgan fingerprint density at radius 3 is 1.32 bits per heavy atom. The van der Waals surface area contributed by atoms with E-state index in [0.717, 1.165) is 23.2 Å². The number of carbonyl (C=O) groups excluding carboxylic acids is 1. The molecule has 1 nitrogen and oxygen atoms in total. The van der Waals surface area contributed by atoms with Gasteiger partial charge in [0.15, 0.2) is 0 Å². The van der Waals surface area contributed by atoms with Crippen molar-refractivity contribution in [3.63, 3.8) is 0 Å². The molecule has 0 N–H and O–H groups in total. The van der Waals surface area contributed by atoms with Crippen LogP contribution in [-0.4, -0.2) is 27.7 Å². The van der Waals surface area contributed by atoms with Gasteiger partial charge in [0.1, 0.15) is 12.5 Å². The molecule has 0 aromatic carbocycles. The van der Waals surface area contributed by atoms with Crippen LogP contribution in [0.15, 0.2) is 0 Å². The lowest BCUT2D eigenvalue weighted by molar-refractivity contribution is -0.136. The zero-order valence-electron chi connectivity index (χ0n) is 18.4. The van der Waals surface area contributed by atoms with Gasteiger partial charge >= 0.3 is 0 Å². The molecule has 0 atom stereocenters. The largest absolute Gasteiger partial charge is 0.305 e. The molecular formula is C21H42OSi3. The smallest absolute Gasteiger partial charge is 0.124 e. The summed E-state index contributed by atoms with van der Waals surface area (Å²) in [5.74, 6) is 2.64. The van der Waals surface area contributed by atoms with Crippen LogP contribution in [0.25, 0.3) is 0 Å². The molecule has 0 saturated heterocycles. The first-order valence-electron chi connectivity index (χ1n) is 10.7. The molecule has 4 fully saturated rings. The van der Waals surface area contributed by atoms with Gasteiger partial charge in [-0.2, -0.15) is 0 Å². The van der Waals surface area contributed by atoms with Crippen LogP contribution < -0.4 is 0 Å². The van der Waals surface area contributed by atoms with Crippen LogP contribution in [0.5, 0.6) is 0 Å². The summed E-state index contributed by atoms with van der Waals surface area (Å²) in [6.45, 7) is 22.7. The lowest BCUT2D eigenvalue weighted by atomic mass is 9.50. The van der Waals surface area contributed by atoms with Crippen molar-refractivity contribution in [3.05, 3.63) is 0 Å². The van der Waals surface area contributed by atoms with Crippen LogP contribution >= 0.6 is 0 Å². The summed E-state index contributed by atoms with van der Waals surface area (Å²) in [6, 6.07) is 0. The van der Waals surface area contributed by atoms with E-state index < -0.39 is 22.3 Å². The molecule has 0 spiro atoms. The highest BCUT2D eigenvalue weighted by molar-refractivity contribution is 7.78. The fourth-order valence-electron chi connectivity index (χ4n) is 9.18. The summed E-state index contributed by atoms with van der Waals surface area (Å²) in [5, 5.41) is 1.10. The van der Waals surface area contributed by atoms with E-state index in [1.807, 2.05) is 0 Å². The molecule has 0 heterocycles. The van der Waals surface area contributed by atoms with Crippen molar-refractivity contribution < 1.29 is 4.79 Å². The van der Waals surface area contributed by atoms with Crippen molar-refractivity contribution in [2.45, 2.75) is 104 Å². The van der Waals surface area contributed by atoms with Gasteiger partial charge in [-0.3, -0.25) is 0 Å². The minimum absolute atomic E-state index is 0.106. The van der Waals surface area contributed by atoms with Crippen molar-refractivity contribution in [2.24, 2.45) is 23.2 Å². The van der Waals surface area contributed by atoms with Crippen molar-refractivity contribution in [1.29, 1.82) is 0 Å². The molecule has 4 aliphatic rings. The summed E-state index contributed by atoms with van der Waals surface area (Å²) in [4.78, 5) is 14.8. The molecule has 0 unspecified atom stereocenters. The zero-order valence-corrected chi connectivity index (χ0v) is 21.4. The normalized spacial score (nSPS) is 36.0. The Balaban J connectivity index is 2.16. The van der Waals surface area contributed by atoms with Crippen LogP contribution in [0.1, 0.15) is 59.3 Å². The van der Waals surface area contributed by atoms with Gasteiger partial charge in [0, 0.05) is 20.6 Å². The van der Waals surface area contributed by atoms with E-state index in [9.17, 15) is 4.79 Å². The SMILES string of the molecule is CC(C)(C)[Si](C(=O)C12CC3CC(CC(C3)C1)C2)([Si](C)(C)C)[Si](C)(C)C. The fraction of sp³-hybridized carbons (Fsp3) is 0.952. The Morgan fingerprint density at radius 1 is 0.760 bits per heavy atom. The van der Waals surface area contributed by atoms with E-state index in [1.54, 1.807) is 0 Å². The lowest BCUT2D eigenvalue weighted by Crippen LogP contribution is -2.83. The molecule has 144 valence electrons. The fourth-order valence-corrected chi connectivity index (χ4v) is 65.3. The molecule has 0 radical (unpaired) electrons. The Hall–Kier alpha value is 0.321. The molecule has 25 heavy (non-hydrogen) atoms. The summed E-state index contributed by atoms with van der Waals surface area (Å²) >= 11 is 0. The lowest BCUT2D eigenvalue weighted by Gasteiger charge is -2.64. The average Bonchev–Trinajstić information content (AvgIpc) is 2.31. The second-order valence-electron chi connectivity index (χ2n) is 13.0. The Morgan fingerprint density at radius 2 is 1.08 bits per heavy atom. The molecule has 0 aromatic heterocycles. The van der Waals surface area contributed by atoms with Crippen LogP contribution in [0.4, 0.5) is 0 Å². The Labute approximate surface area is 159 Å². The summed E-state index contributed by atoms with van der Waals surface area (Å²) in [5.41, 5.74) is 0.106. The van der Waals surface area contributed by atoms with Crippen LogP contribution in [0.3, 0.4) is 0 Å². The minimum Gasteiger partial charge on any atom is -0.305 e. The van der Waals surface area contributed by atoms with Crippen molar-refractivity contribution in [2.75, 3.05) is 0 Å². The monoisotopic (exact) mass is 394 g/mol. The van der Waals surface area contributed by atoms with E-state index >= 15 is 0 Å². The number of hydrogen-bond acceptors (Lipinski definition) is 1. The highest BCUT2D eigenvalue weighted by atomic mass is 29.6. The molecular weight excluding hydrogens is 352 g/mol. The summed E-state index contributed by atoms with van der Waals surface area (Å²) < 4.78 is 0. The van der Waals surface area contributed by atoms with Crippen molar-refractivity contribution >= 4 is 27.7 Å². The van der Waals surface area contributed by atoms with Gasteiger partial charge < -0.3 is 4.79 Å². The zero-order chi connectivity index (χ0) is 19.1. The van der Waals surface area contributed by atoms with Gasteiger partial charge in [0.2, 0.25) is 0 Å². The van der Waals surface area contributed by atoms with Gasteiger partial charge in [0.05, 0.1) is 0 Å². The van der Waals surface area contributed by atoms with Gasteiger partial charge in [-0.15, -0.1) is 0 Å². The third-order valence-electron chi connectivity index (χ3n) is 8.24. The first kappa shape index (κ1) is 20.1. The molecule has 0 aliphatic heterocycles. The highest BCUT2D eigenvalue weighted by Gasteiger charge is 2.70. The predicted molar refractivity (Wildman–Crippen MR) is 118 cm³/mol. The van der Waals surface area contributed by atoms with Crippen LogP contribution in [0.2, 0.25) is 44.3 Å². The predicted octanol–water partition coefficient (Wildman–Crippen LogP) is 6.39. The average molecular weight is 395 g/mol. The van der Waals surface area contributed by atoms with Crippen molar-refractivity contribution in [3.8, 4) is 0 Å². The third kappa shape index (κ3) is 2.75. The first-order chi connectivity index (χ1) is 11.1. The summed E-state index contributed by atoms with van der Waals surface area (Å²) in [7, 11) is -5.19. The van der Waals surface area contributed by atoms with E-state index in [2.05, 4.69) is 60.1 Å². The molecule has 4 aliphatic carbocycles. The second-order valence-corrected chi connectivity index (χ2v) is 40.5. The maximum absolute atomic E-state index is 14.8. The maximum atomic E-state index is 14.8. The molecule has 0 amide bonds. The molecule has 0 aromatic rings. The highest BCUT2D eigenvalue weighted by Crippen LogP contribution is 2.63. The van der Waals surface area contributed by atoms with Gasteiger partial charge in [0.25, 0.3) is 0 Å². The van der Waals surface area contributed by atoms with Gasteiger partial charge in [-0.25, -0.2) is 0 Å². The summed E-state index contributed by atoms with van der Waals surface area (Å²) in [6.07, 6.45) is 8.11. The first-order valence-corrected chi connectivity index (χ1v) is 21.7. The Kier molecular flexibility index (Phi) is 4.55. The second kappa shape index (κ2) is 5.66. The van der Waals surface area contributed by atoms with E-state index in [1.165, 1.54) is 38.5 Å². The standard InChI is InChI=1S/C21H42OSi3/c1-20(2,3)25(23(4,5)6,24(7,8)9)19(22)21-13-16-10-17(14-21)12-18(11-16)15-21/h16-18H,10-15H2,1-9H3. The topological polar surface area (TPSA) is 17.1 Å². The third-order valence-corrected chi connectivity index (χ3v) is 49.1. The number of hydrogen-bond donors (Lipinski definition) is 0.